The van der Waals surface area contributed by atoms with Crippen LogP contribution >= 0.6 is 23.1 Å². The van der Waals surface area contributed by atoms with Crippen molar-refractivity contribution >= 4 is 34.0 Å². The number of carbonyl (C=O) groups excluding carboxylic acids is 1. The Labute approximate surface area is 152 Å². The fraction of sp³-hybridized carbons (Fsp3) is 0.118. The van der Waals surface area contributed by atoms with Crippen LogP contribution in [0.25, 0.3) is 0 Å². The number of ketones is 1. The molecule has 0 spiro atoms. The average Bonchev–Trinajstić information content (AvgIpc) is 3.05. The molecule has 0 aliphatic carbocycles. The van der Waals surface area contributed by atoms with Crippen molar-refractivity contribution in [3.63, 3.8) is 0 Å². The number of carbonyl (C=O) groups is 1. The third kappa shape index (κ3) is 5.01. The minimum absolute atomic E-state index is 0.0103. The molecular formula is C17H14FN3O2S2. The Bertz CT molecular complexity index is 851. The van der Waals surface area contributed by atoms with E-state index < -0.39 is 0 Å². The van der Waals surface area contributed by atoms with Crippen LogP contribution in [0.2, 0.25) is 0 Å². The first-order chi connectivity index (χ1) is 12.1. The fourth-order valence-corrected chi connectivity index (χ4v) is 3.50. The van der Waals surface area contributed by atoms with Gasteiger partial charge in [0.25, 0.3) is 0 Å². The largest absolute Gasteiger partial charge is 0.489 e. The quantitative estimate of drug-likeness (QED) is 0.500. The smallest absolute Gasteiger partial charge is 0.203 e. The number of halogens is 1. The molecule has 0 unspecified atom stereocenters. The molecule has 128 valence electrons. The zero-order valence-electron chi connectivity index (χ0n) is 13.0. The molecular weight excluding hydrogens is 361 g/mol. The van der Waals surface area contributed by atoms with Gasteiger partial charge in [0.2, 0.25) is 5.13 Å². The molecule has 0 atom stereocenters. The van der Waals surface area contributed by atoms with Gasteiger partial charge in [0.05, 0.1) is 5.75 Å². The van der Waals surface area contributed by atoms with E-state index in [1.54, 1.807) is 36.4 Å². The van der Waals surface area contributed by atoms with Gasteiger partial charge >= 0.3 is 0 Å². The highest BCUT2D eigenvalue weighted by molar-refractivity contribution is 8.01. The van der Waals surface area contributed by atoms with Gasteiger partial charge < -0.3 is 10.5 Å². The zero-order chi connectivity index (χ0) is 17.6. The number of nitrogens with two attached hydrogens (primary N) is 1. The van der Waals surface area contributed by atoms with E-state index >= 15 is 0 Å². The van der Waals surface area contributed by atoms with E-state index in [0.717, 1.165) is 5.56 Å². The van der Waals surface area contributed by atoms with E-state index in [0.29, 0.717) is 27.4 Å². The van der Waals surface area contributed by atoms with E-state index in [1.165, 1.54) is 35.2 Å². The second-order valence-corrected chi connectivity index (χ2v) is 7.29. The number of rotatable bonds is 7. The van der Waals surface area contributed by atoms with Crippen LogP contribution in [0.1, 0.15) is 15.9 Å². The maximum absolute atomic E-state index is 12.9. The zero-order valence-corrected chi connectivity index (χ0v) is 14.6. The number of nitrogens with zero attached hydrogens (tertiary/aromatic N) is 2. The minimum atomic E-state index is -0.277. The Morgan fingerprint density at radius 3 is 2.48 bits per heavy atom. The molecule has 1 aromatic heterocycles. The van der Waals surface area contributed by atoms with Gasteiger partial charge in [-0.15, -0.1) is 10.2 Å². The molecule has 1 heterocycles. The summed E-state index contributed by atoms with van der Waals surface area (Å²) in [6, 6.07) is 13.0. The molecule has 25 heavy (non-hydrogen) atoms. The second-order valence-electron chi connectivity index (χ2n) is 5.06. The first-order valence-electron chi connectivity index (χ1n) is 7.32. The van der Waals surface area contributed by atoms with Crippen LogP contribution in [-0.2, 0) is 6.61 Å². The highest BCUT2D eigenvalue weighted by Gasteiger charge is 2.09. The van der Waals surface area contributed by atoms with E-state index in [1.807, 2.05) is 0 Å². The summed E-state index contributed by atoms with van der Waals surface area (Å²) >= 11 is 2.57. The van der Waals surface area contributed by atoms with Crippen molar-refractivity contribution in [3.05, 3.63) is 65.5 Å². The van der Waals surface area contributed by atoms with Gasteiger partial charge in [-0.05, 0) is 42.0 Å². The first-order valence-corrected chi connectivity index (χ1v) is 9.12. The first kappa shape index (κ1) is 17.4. The van der Waals surface area contributed by atoms with Crippen LogP contribution in [-0.4, -0.2) is 21.7 Å². The van der Waals surface area contributed by atoms with Gasteiger partial charge in [-0.3, -0.25) is 4.79 Å². The third-order valence-electron chi connectivity index (χ3n) is 3.24. The molecule has 0 aliphatic heterocycles. The van der Waals surface area contributed by atoms with Gasteiger partial charge in [-0.1, -0.05) is 35.2 Å². The summed E-state index contributed by atoms with van der Waals surface area (Å²) in [7, 11) is 0. The Morgan fingerprint density at radius 1 is 1.12 bits per heavy atom. The standard InChI is InChI=1S/C17H14FN3O2S2/c18-13-5-1-11(2-6-13)9-23-14-7-3-12(4-8-14)15(22)10-24-17-21-20-16(19)25-17/h1-8H,9-10H2,(H2,19,20). The summed E-state index contributed by atoms with van der Waals surface area (Å²) in [6.07, 6.45) is 0. The van der Waals surface area contributed by atoms with E-state index in [4.69, 9.17) is 10.5 Å². The van der Waals surface area contributed by atoms with Gasteiger partial charge in [-0.25, -0.2) is 4.39 Å². The third-order valence-corrected chi connectivity index (χ3v) is 5.13. The molecule has 0 saturated carbocycles. The monoisotopic (exact) mass is 375 g/mol. The number of aromatic nitrogens is 2. The molecule has 2 N–H and O–H groups in total. The van der Waals surface area contributed by atoms with Crippen LogP contribution < -0.4 is 10.5 Å². The lowest BCUT2D eigenvalue weighted by molar-refractivity contribution is 0.102. The average molecular weight is 375 g/mol. The number of anilines is 1. The van der Waals surface area contributed by atoms with Gasteiger partial charge in [0.1, 0.15) is 18.2 Å². The van der Waals surface area contributed by atoms with Crippen LogP contribution in [0.5, 0.6) is 5.75 Å². The summed E-state index contributed by atoms with van der Waals surface area (Å²) in [4.78, 5) is 12.2. The molecule has 0 saturated heterocycles. The number of hydrogen-bond acceptors (Lipinski definition) is 7. The van der Waals surface area contributed by atoms with Crippen molar-refractivity contribution in [3.8, 4) is 5.75 Å². The number of benzene rings is 2. The number of hydrogen-bond donors (Lipinski definition) is 1. The fourth-order valence-electron chi connectivity index (χ4n) is 1.97. The highest BCUT2D eigenvalue weighted by atomic mass is 32.2. The summed E-state index contributed by atoms with van der Waals surface area (Å²) in [6.45, 7) is 0.335. The second kappa shape index (κ2) is 8.09. The van der Waals surface area contributed by atoms with Crippen LogP contribution in [0, 0.1) is 5.82 Å². The predicted molar refractivity (Wildman–Crippen MR) is 96.5 cm³/mol. The summed E-state index contributed by atoms with van der Waals surface area (Å²) in [5, 5.41) is 7.96. The molecule has 5 nitrogen and oxygen atoms in total. The van der Waals surface area contributed by atoms with Gasteiger partial charge in [0.15, 0.2) is 10.1 Å². The lowest BCUT2D eigenvalue weighted by atomic mass is 10.1. The number of thioether (sulfide) groups is 1. The molecule has 0 bridgehead atoms. The van der Waals surface area contributed by atoms with Crippen molar-refractivity contribution < 1.29 is 13.9 Å². The Morgan fingerprint density at radius 2 is 1.84 bits per heavy atom. The summed E-state index contributed by atoms with van der Waals surface area (Å²) in [5.41, 5.74) is 6.97. The molecule has 3 rings (SSSR count). The van der Waals surface area contributed by atoms with Crippen molar-refractivity contribution in [2.75, 3.05) is 11.5 Å². The maximum atomic E-state index is 12.9. The molecule has 8 heteroatoms. The SMILES string of the molecule is Nc1nnc(SCC(=O)c2ccc(OCc3ccc(F)cc3)cc2)s1. The van der Waals surface area contributed by atoms with Crippen LogP contribution in [0.4, 0.5) is 9.52 Å². The van der Waals surface area contributed by atoms with Crippen LogP contribution in [0.3, 0.4) is 0 Å². The highest BCUT2D eigenvalue weighted by Crippen LogP contribution is 2.24. The minimum Gasteiger partial charge on any atom is -0.489 e. The predicted octanol–water partition coefficient (Wildman–Crippen LogP) is 3.81. The molecule has 0 radical (unpaired) electrons. The normalized spacial score (nSPS) is 10.6. The Hall–Kier alpha value is -2.45. The van der Waals surface area contributed by atoms with Crippen molar-refractivity contribution in [1.29, 1.82) is 0 Å². The summed E-state index contributed by atoms with van der Waals surface area (Å²) in [5.74, 6) is 0.625. The van der Waals surface area contributed by atoms with Gasteiger partial charge in [-0.2, -0.15) is 0 Å². The molecule has 2 aromatic carbocycles. The lowest BCUT2D eigenvalue weighted by Crippen LogP contribution is -2.02. The van der Waals surface area contributed by atoms with Crippen molar-refractivity contribution in [1.82, 2.24) is 10.2 Å². The molecule has 0 fully saturated rings. The summed E-state index contributed by atoms with van der Waals surface area (Å²) < 4.78 is 19.2. The van der Waals surface area contributed by atoms with Gasteiger partial charge in [0, 0.05) is 5.56 Å². The van der Waals surface area contributed by atoms with E-state index in [9.17, 15) is 9.18 Å². The maximum Gasteiger partial charge on any atom is 0.203 e. The number of ether oxygens (including phenoxy) is 1. The number of nitrogen functional groups attached to an aromatic ring is 1. The lowest BCUT2D eigenvalue weighted by Gasteiger charge is -2.07. The van der Waals surface area contributed by atoms with Crippen molar-refractivity contribution in [2.24, 2.45) is 0 Å². The van der Waals surface area contributed by atoms with Crippen LogP contribution in [0.15, 0.2) is 52.9 Å². The molecule has 0 aliphatic rings. The molecule has 3 aromatic rings. The Balaban J connectivity index is 1.52. The van der Waals surface area contributed by atoms with Crippen molar-refractivity contribution in [2.45, 2.75) is 10.9 Å². The van der Waals surface area contributed by atoms with E-state index in [2.05, 4.69) is 10.2 Å². The molecule has 0 amide bonds. The topological polar surface area (TPSA) is 78.1 Å². The number of Topliss-reactive ketones (excluding diaryl/α,β-unsaturated/α-hetero) is 1. The Kier molecular flexibility index (Phi) is 5.62. The van der Waals surface area contributed by atoms with E-state index in [-0.39, 0.29) is 17.4 Å².